The smallest absolute Gasteiger partial charge is 0.221 e. The van der Waals surface area contributed by atoms with Gasteiger partial charge in [0.25, 0.3) is 0 Å². The summed E-state index contributed by atoms with van der Waals surface area (Å²) in [6.07, 6.45) is 0. The summed E-state index contributed by atoms with van der Waals surface area (Å²) in [5, 5.41) is 9.60. The first-order chi connectivity index (χ1) is 8.56. The van der Waals surface area contributed by atoms with E-state index in [-0.39, 0.29) is 11.9 Å². The van der Waals surface area contributed by atoms with Crippen LogP contribution in [0.25, 0.3) is 11.4 Å². The first kappa shape index (κ1) is 12.3. The van der Waals surface area contributed by atoms with Crippen molar-refractivity contribution in [1.82, 2.24) is 15.2 Å². The van der Waals surface area contributed by atoms with Crippen LogP contribution in [-0.4, -0.2) is 21.1 Å². The largest absolute Gasteiger partial charge is 0.326 e. The Morgan fingerprint density at radius 1 is 1.50 bits per heavy atom. The first-order valence-corrected chi connectivity index (χ1v) is 5.62. The summed E-state index contributed by atoms with van der Waals surface area (Å²) in [5.41, 5.74) is 7.25. The number of carbonyl (C=O) groups is 1. The molecule has 6 nitrogen and oxygen atoms in total. The molecule has 0 aliphatic carbocycles. The number of benzene rings is 1. The minimum Gasteiger partial charge on any atom is -0.326 e. The number of amides is 1. The van der Waals surface area contributed by atoms with E-state index in [1.807, 2.05) is 31.2 Å². The Labute approximate surface area is 105 Å². The van der Waals surface area contributed by atoms with Crippen molar-refractivity contribution in [3.63, 3.8) is 0 Å². The fourth-order valence-electron chi connectivity index (χ4n) is 1.55. The Hall–Kier alpha value is -2.21. The Balaban J connectivity index is 2.29. The van der Waals surface area contributed by atoms with E-state index in [0.717, 1.165) is 5.56 Å². The molecular formula is C12H15N5O. The lowest BCUT2D eigenvalue weighted by Gasteiger charge is -2.03. The second-order valence-corrected chi connectivity index (χ2v) is 4.09. The summed E-state index contributed by atoms with van der Waals surface area (Å²) in [6.45, 7) is 3.30. The lowest BCUT2D eigenvalue weighted by atomic mass is 10.2. The minimum atomic E-state index is -0.190. The molecule has 0 aliphatic rings. The van der Waals surface area contributed by atoms with E-state index in [1.54, 1.807) is 0 Å². The summed E-state index contributed by atoms with van der Waals surface area (Å²) >= 11 is 0. The molecule has 1 heterocycles. The molecular weight excluding hydrogens is 230 g/mol. The number of aromatic nitrogens is 3. The maximum atomic E-state index is 11.0. The summed E-state index contributed by atoms with van der Waals surface area (Å²) in [5.74, 6) is 1.09. The Bertz CT molecular complexity index is 561. The van der Waals surface area contributed by atoms with Gasteiger partial charge in [0, 0.05) is 18.2 Å². The molecule has 0 saturated heterocycles. The number of H-pyrrole nitrogens is 1. The number of aromatic amines is 1. The number of nitrogens with zero attached hydrogens (tertiary/aromatic N) is 2. The lowest BCUT2D eigenvalue weighted by Crippen LogP contribution is -2.06. The van der Waals surface area contributed by atoms with Crippen LogP contribution in [-0.2, 0) is 4.79 Å². The molecule has 1 aromatic heterocycles. The molecule has 1 aromatic carbocycles. The first-order valence-electron chi connectivity index (χ1n) is 5.62. The average molecular weight is 245 g/mol. The van der Waals surface area contributed by atoms with Crippen molar-refractivity contribution in [3.8, 4) is 11.4 Å². The van der Waals surface area contributed by atoms with Crippen LogP contribution in [0.2, 0.25) is 0 Å². The molecule has 0 aliphatic heterocycles. The quantitative estimate of drug-likeness (QED) is 0.762. The third-order valence-corrected chi connectivity index (χ3v) is 2.38. The lowest BCUT2D eigenvalue weighted by molar-refractivity contribution is -0.114. The van der Waals surface area contributed by atoms with Crippen LogP contribution in [0.15, 0.2) is 24.3 Å². The Morgan fingerprint density at radius 3 is 2.89 bits per heavy atom. The van der Waals surface area contributed by atoms with Crippen molar-refractivity contribution in [2.24, 2.45) is 5.73 Å². The molecule has 6 heteroatoms. The Kier molecular flexibility index (Phi) is 3.38. The molecule has 2 aromatic rings. The van der Waals surface area contributed by atoms with Gasteiger partial charge in [0.2, 0.25) is 5.91 Å². The van der Waals surface area contributed by atoms with Gasteiger partial charge >= 0.3 is 0 Å². The fraction of sp³-hybridized carbons (Fsp3) is 0.250. The maximum absolute atomic E-state index is 11.0. The third-order valence-electron chi connectivity index (χ3n) is 2.38. The van der Waals surface area contributed by atoms with Crippen LogP contribution < -0.4 is 11.1 Å². The van der Waals surface area contributed by atoms with Gasteiger partial charge in [0.15, 0.2) is 5.82 Å². The highest BCUT2D eigenvalue weighted by Crippen LogP contribution is 2.20. The monoisotopic (exact) mass is 245 g/mol. The van der Waals surface area contributed by atoms with E-state index in [4.69, 9.17) is 5.73 Å². The number of carbonyl (C=O) groups excluding carboxylic acids is 1. The van der Waals surface area contributed by atoms with Crippen LogP contribution in [0.3, 0.4) is 0 Å². The van der Waals surface area contributed by atoms with Gasteiger partial charge in [0.05, 0.1) is 6.04 Å². The van der Waals surface area contributed by atoms with Crippen LogP contribution in [0.5, 0.6) is 0 Å². The fourth-order valence-corrected chi connectivity index (χ4v) is 1.55. The number of rotatable bonds is 3. The van der Waals surface area contributed by atoms with Crippen molar-refractivity contribution < 1.29 is 4.79 Å². The molecule has 4 N–H and O–H groups in total. The molecule has 2 rings (SSSR count). The highest BCUT2D eigenvalue weighted by Gasteiger charge is 2.09. The van der Waals surface area contributed by atoms with Gasteiger partial charge < -0.3 is 11.1 Å². The van der Waals surface area contributed by atoms with Gasteiger partial charge in [-0.25, -0.2) is 4.98 Å². The SMILES string of the molecule is CC(=O)Nc1cccc(-c2n[nH]c(C(C)N)n2)c1. The van der Waals surface area contributed by atoms with E-state index in [0.29, 0.717) is 17.3 Å². The van der Waals surface area contributed by atoms with E-state index in [9.17, 15) is 4.79 Å². The second kappa shape index (κ2) is 4.97. The molecule has 0 bridgehead atoms. The van der Waals surface area contributed by atoms with E-state index in [2.05, 4.69) is 20.5 Å². The molecule has 94 valence electrons. The molecule has 1 unspecified atom stereocenters. The number of hydrogen-bond acceptors (Lipinski definition) is 4. The van der Waals surface area contributed by atoms with Gasteiger partial charge in [-0.3, -0.25) is 9.89 Å². The van der Waals surface area contributed by atoms with E-state index >= 15 is 0 Å². The van der Waals surface area contributed by atoms with E-state index in [1.165, 1.54) is 6.92 Å². The molecule has 18 heavy (non-hydrogen) atoms. The standard InChI is InChI=1S/C12H15N5O/c1-7(13)11-15-12(17-16-11)9-4-3-5-10(6-9)14-8(2)18/h3-7H,13H2,1-2H3,(H,14,18)(H,15,16,17). The van der Waals surface area contributed by atoms with Gasteiger partial charge in [0.1, 0.15) is 5.82 Å². The van der Waals surface area contributed by atoms with Crippen molar-refractivity contribution >= 4 is 11.6 Å². The van der Waals surface area contributed by atoms with Crippen molar-refractivity contribution in [2.45, 2.75) is 19.9 Å². The molecule has 0 radical (unpaired) electrons. The minimum absolute atomic E-state index is 0.113. The third kappa shape index (κ3) is 2.72. The summed E-state index contributed by atoms with van der Waals surface area (Å²) in [6, 6.07) is 7.14. The number of anilines is 1. The topological polar surface area (TPSA) is 96.7 Å². The van der Waals surface area contributed by atoms with Crippen LogP contribution in [0.4, 0.5) is 5.69 Å². The van der Waals surface area contributed by atoms with Gasteiger partial charge in [-0.2, -0.15) is 5.10 Å². The number of hydrogen-bond donors (Lipinski definition) is 3. The molecule has 1 amide bonds. The molecule has 0 fully saturated rings. The average Bonchev–Trinajstić information content (AvgIpc) is 2.77. The number of nitrogens with two attached hydrogens (primary N) is 1. The molecule has 1 atom stereocenters. The van der Waals surface area contributed by atoms with Crippen molar-refractivity contribution in [3.05, 3.63) is 30.1 Å². The summed E-state index contributed by atoms with van der Waals surface area (Å²) in [4.78, 5) is 15.3. The van der Waals surface area contributed by atoms with E-state index < -0.39 is 0 Å². The highest BCUT2D eigenvalue weighted by molar-refractivity contribution is 5.89. The molecule has 0 spiro atoms. The second-order valence-electron chi connectivity index (χ2n) is 4.09. The van der Waals surface area contributed by atoms with Gasteiger partial charge in [-0.15, -0.1) is 0 Å². The molecule has 0 saturated carbocycles. The number of nitrogens with one attached hydrogen (secondary N) is 2. The van der Waals surface area contributed by atoms with Gasteiger partial charge in [-0.05, 0) is 19.1 Å². The van der Waals surface area contributed by atoms with Crippen molar-refractivity contribution in [2.75, 3.05) is 5.32 Å². The van der Waals surface area contributed by atoms with Crippen LogP contribution in [0.1, 0.15) is 25.7 Å². The Morgan fingerprint density at radius 2 is 2.28 bits per heavy atom. The predicted molar refractivity (Wildman–Crippen MR) is 68.7 cm³/mol. The summed E-state index contributed by atoms with van der Waals surface area (Å²) < 4.78 is 0. The predicted octanol–water partition coefficient (Wildman–Crippen LogP) is 1.45. The highest BCUT2D eigenvalue weighted by atomic mass is 16.1. The summed E-state index contributed by atoms with van der Waals surface area (Å²) in [7, 11) is 0. The zero-order chi connectivity index (χ0) is 13.1. The maximum Gasteiger partial charge on any atom is 0.221 e. The normalized spacial score (nSPS) is 12.2. The van der Waals surface area contributed by atoms with Crippen molar-refractivity contribution in [1.29, 1.82) is 0 Å². The zero-order valence-corrected chi connectivity index (χ0v) is 10.3. The zero-order valence-electron chi connectivity index (χ0n) is 10.3. The van der Waals surface area contributed by atoms with Crippen LogP contribution in [0, 0.1) is 0 Å². The van der Waals surface area contributed by atoms with Gasteiger partial charge in [-0.1, -0.05) is 12.1 Å². The van der Waals surface area contributed by atoms with Crippen LogP contribution >= 0.6 is 0 Å².